The van der Waals surface area contributed by atoms with E-state index in [0.29, 0.717) is 18.8 Å². The van der Waals surface area contributed by atoms with Crippen LogP contribution in [0.25, 0.3) is 0 Å². The lowest BCUT2D eigenvalue weighted by atomic mass is 9.98. The van der Waals surface area contributed by atoms with Crippen molar-refractivity contribution in [2.75, 3.05) is 6.61 Å². The highest BCUT2D eigenvalue weighted by molar-refractivity contribution is 5.30. The molecule has 4 aromatic carbocycles. The molecule has 0 N–H and O–H groups in total. The van der Waals surface area contributed by atoms with Gasteiger partial charge in [0.05, 0.1) is 26.4 Å². The van der Waals surface area contributed by atoms with Crippen molar-refractivity contribution >= 4 is 0 Å². The molecule has 5 rings (SSSR count). The van der Waals surface area contributed by atoms with Gasteiger partial charge in [0, 0.05) is 11.6 Å². The zero-order valence-corrected chi connectivity index (χ0v) is 21.8. The Hall–Kier alpha value is -3.42. The fraction of sp³-hybridized carbons (Fsp3) is 0.273. The minimum absolute atomic E-state index is 0.220. The van der Waals surface area contributed by atoms with E-state index in [1.807, 2.05) is 91.0 Å². The van der Waals surface area contributed by atoms with E-state index >= 15 is 4.39 Å². The minimum atomic E-state index is -0.806. The molecular formula is C33H32F2O4. The van der Waals surface area contributed by atoms with Crippen LogP contribution in [0, 0.1) is 18.6 Å². The molecule has 4 aromatic rings. The van der Waals surface area contributed by atoms with Gasteiger partial charge in [0.1, 0.15) is 36.1 Å². The third-order valence-electron chi connectivity index (χ3n) is 6.86. The second kappa shape index (κ2) is 13.1. The number of aryl methyl sites for hydroxylation is 1. The predicted molar refractivity (Wildman–Crippen MR) is 145 cm³/mol. The van der Waals surface area contributed by atoms with Crippen LogP contribution in [0.3, 0.4) is 0 Å². The van der Waals surface area contributed by atoms with Crippen LogP contribution in [0.4, 0.5) is 8.78 Å². The number of ether oxygens (including phenoxy) is 4. The van der Waals surface area contributed by atoms with Crippen molar-refractivity contribution in [1.29, 1.82) is 0 Å². The maximum atomic E-state index is 15.1. The fourth-order valence-electron chi connectivity index (χ4n) is 4.79. The average molecular weight is 531 g/mol. The summed E-state index contributed by atoms with van der Waals surface area (Å²) in [6.07, 6.45) is -2.55. The first-order chi connectivity index (χ1) is 19.1. The minimum Gasteiger partial charge on any atom is -0.374 e. The molecular weight excluding hydrogens is 498 g/mol. The summed E-state index contributed by atoms with van der Waals surface area (Å²) in [5, 5.41) is 0. The van der Waals surface area contributed by atoms with Crippen LogP contribution in [-0.2, 0) is 38.8 Å². The van der Waals surface area contributed by atoms with Gasteiger partial charge in [-0.1, -0.05) is 91.0 Å². The standard InChI is InChI=1S/C33H32F2O4/c1-23-17-27(29(35)18-28(23)34)31-33(38-21-26-15-9-4-10-16-26)32(37-20-25-13-7-3-8-14-25)30(39-31)22-36-19-24-11-5-2-6-12-24/h2-18,30-33H,19-22H2,1H3/t30-,31+,32?,33-/m1/s1. The lowest BCUT2D eigenvalue weighted by Crippen LogP contribution is -2.38. The first-order valence-corrected chi connectivity index (χ1v) is 13.1. The molecule has 1 unspecified atom stereocenters. The molecule has 0 aromatic heterocycles. The summed E-state index contributed by atoms with van der Waals surface area (Å²) < 4.78 is 54.6. The number of hydrogen-bond acceptors (Lipinski definition) is 4. The van der Waals surface area contributed by atoms with Crippen LogP contribution in [0.5, 0.6) is 0 Å². The van der Waals surface area contributed by atoms with E-state index in [1.54, 1.807) is 6.92 Å². The second-order valence-electron chi connectivity index (χ2n) is 9.74. The summed E-state index contributed by atoms with van der Waals surface area (Å²) in [4.78, 5) is 0. The summed E-state index contributed by atoms with van der Waals surface area (Å²) >= 11 is 0. The third kappa shape index (κ3) is 6.97. The SMILES string of the molecule is Cc1cc([C@@H]2O[C@H](COCc3ccccc3)C(OCc3ccccc3)[C@@H]2OCc2ccccc2)c(F)cc1F. The van der Waals surface area contributed by atoms with Gasteiger partial charge in [0.25, 0.3) is 0 Å². The molecule has 4 atom stereocenters. The molecule has 1 aliphatic rings. The topological polar surface area (TPSA) is 36.9 Å². The summed E-state index contributed by atoms with van der Waals surface area (Å²) in [6, 6.07) is 31.8. The summed E-state index contributed by atoms with van der Waals surface area (Å²) in [7, 11) is 0. The van der Waals surface area contributed by atoms with Gasteiger partial charge >= 0.3 is 0 Å². The Morgan fingerprint density at radius 2 is 1.15 bits per heavy atom. The maximum Gasteiger partial charge on any atom is 0.132 e. The number of hydrogen-bond donors (Lipinski definition) is 0. The highest BCUT2D eigenvalue weighted by Crippen LogP contribution is 2.40. The zero-order chi connectivity index (χ0) is 27.0. The van der Waals surface area contributed by atoms with Gasteiger partial charge in [0.2, 0.25) is 0 Å². The van der Waals surface area contributed by atoms with E-state index in [1.165, 1.54) is 6.07 Å². The Balaban J connectivity index is 1.42. The molecule has 4 nitrogen and oxygen atoms in total. The monoisotopic (exact) mass is 530 g/mol. The molecule has 1 fully saturated rings. The van der Waals surface area contributed by atoms with Gasteiger partial charge in [-0.3, -0.25) is 0 Å². The van der Waals surface area contributed by atoms with Crippen LogP contribution in [0.1, 0.15) is 33.9 Å². The van der Waals surface area contributed by atoms with Gasteiger partial charge in [-0.15, -0.1) is 0 Å². The molecule has 0 saturated carbocycles. The van der Waals surface area contributed by atoms with Gasteiger partial charge in [0.15, 0.2) is 0 Å². The van der Waals surface area contributed by atoms with Crippen LogP contribution in [-0.4, -0.2) is 24.9 Å². The predicted octanol–water partition coefficient (Wildman–Crippen LogP) is 7.10. The highest BCUT2D eigenvalue weighted by Gasteiger charge is 2.48. The van der Waals surface area contributed by atoms with Crippen LogP contribution in [0.2, 0.25) is 0 Å². The van der Waals surface area contributed by atoms with Crippen molar-refractivity contribution in [2.24, 2.45) is 0 Å². The third-order valence-corrected chi connectivity index (χ3v) is 6.86. The second-order valence-corrected chi connectivity index (χ2v) is 9.74. The van der Waals surface area contributed by atoms with Crippen molar-refractivity contribution in [2.45, 2.75) is 51.2 Å². The molecule has 202 valence electrons. The molecule has 1 heterocycles. The quantitative estimate of drug-likeness (QED) is 0.207. The Morgan fingerprint density at radius 3 is 1.72 bits per heavy atom. The fourth-order valence-corrected chi connectivity index (χ4v) is 4.79. The van der Waals surface area contributed by atoms with Crippen molar-refractivity contribution in [1.82, 2.24) is 0 Å². The van der Waals surface area contributed by atoms with Gasteiger partial charge in [-0.2, -0.15) is 0 Å². The molecule has 0 radical (unpaired) electrons. The highest BCUT2D eigenvalue weighted by atomic mass is 19.1. The Morgan fingerprint density at radius 1 is 0.641 bits per heavy atom. The van der Waals surface area contributed by atoms with Crippen LogP contribution in [0.15, 0.2) is 103 Å². The Kier molecular flexibility index (Phi) is 9.12. The van der Waals surface area contributed by atoms with Crippen molar-refractivity contribution in [3.05, 3.63) is 143 Å². The lowest BCUT2D eigenvalue weighted by molar-refractivity contribution is -0.0898. The van der Waals surface area contributed by atoms with E-state index in [2.05, 4.69) is 0 Å². The van der Waals surface area contributed by atoms with E-state index in [0.717, 1.165) is 22.8 Å². The molecule has 1 saturated heterocycles. The summed E-state index contributed by atoms with van der Waals surface area (Å²) in [5.74, 6) is -1.28. The molecule has 0 amide bonds. The molecule has 1 aliphatic heterocycles. The van der Waals surface area contributed by atoms with E-state index < -0.39 is 36.1 Å². The number of rotatable bonds is 11. The molecule has 39 heavy (non-hydrogen) atoms. The van der Waals surface area contributed by atoms with Crippen molar-refractivity contribution in [3.63, 3.8) is 0 Å². The molecule has 0 aliphatic carbocycles. The largest absolute Gasteiger partial charge is 0.374 e. The van der Waals surface area contributed by atoms with Crippen molar-refractivity contribution in [3.8, 4) is 0 Å². The lowest BCUT2D eigenvalue weighted by Gasteiger charge is -2.25. The number of benzene rings is 4. The van der Waals surface area contributed by atoms with Crippen molar-refractivity contribution < 1.29 is 27.7 Å². The van der Waals surface area contributed by atoms with E-state index in [4.69, 9.17) is 18.9 Å². The Bertz CT molecular complexity index is 1320. The average Bonchev–Trinajstić information content (AvgIpc) is 3.31. The van der Waals surface area contributed by atoms with Gasteiger partial charge in [-0.05, 0) is 35.2 Å². The first-order valence-electron chi connectivity index (χ1n) is 13.1. The summed E-state index contributed by atoms with van der Waals surface area (Å²) in [5.41, 5.74) is 3.58. The normalized spacial score (nSPS) is 20.8. The molecule has 6 heteroatoms. The van der Waals surface area contributed by atoms with Gasteiger partial charge in [-0.25, -0.2) is 8.78 Å². The first kappa shape index (κ1) is 27.2. The molecule has 0 bridgehead atoms. The smallest absolute Gasteiger partial charge is 0.132 e. The van der Waals surface area contributed by atoms with Crippen LogP contribution < -0.4 is 0 Å². The molecule has 0 spiro atoms. The maximum absolute atomic E-state index is 15.1. The summed E-state index contributed by atoms with van der Waals surface area (Å²) in [6.45, 7) is 2.84. The van der Waals surface area contributed by atoms with Crippen LogP contribution >= 0.6 is 0 Å². The van der Waals surface area contributed by atoms with E-state index in [-0.39, 0.29) is 18.8 Å². The zero-order valence-electron chi connectivity index (χ0n) is 21.8. The van der Waals surface area contributed by atoms with E-state index in [9.17, 15) is 4.39 Å². The van der Waals surface area contributed by atoms with Gasteiger partial charge < -0.3 is 18.9 Å². The Labute approximate surface area is 228 Å². The number of halogens is 2.